The molecule has 1 aliphatic heterocycles. The summed E-state index contributed by atoms with van der Waals surface area (Å²) in [5, 5.41) is 10.4. The van der Waals surface area contributed by atoms with E-state index in [4.69, 9.17) is 17.3 Å². The third kappa shape index (κ3) is 6.13. The minimum Gasteiger partial charge on any atom is -0.384 e. The van der Waals surface area contributed by atoms with Gasteiger partial charge in [-0.25, -0.2) is 0 Å². The normalized spacial score (nSPS) is 18.4. The van der Waals surface area contributed by atoms with Crippen LogP contribution in [0.5, 0.6) is 0 Å². The van der Waals surface area contributed by atoms with E-state index in [1.165, 1.54) is 22.6 Å². The summed E-state index contributed by atoms with van der Waals surface area (Å²) in [6.45, 7) is 7.78. The molecular weight excluding hydrogens is 603 g/mol. The van der Waals surface area contributed by atoms with Crippen molar-refractivity contribution in [2.45, 2.75) is 64.1 Å². The van der Waals surface area contributed by atoms with Crippen molar-refractivity contribution in [3.05, 3.63) is 122 Å². The summed E-state index contributed by atoms with van der Waals surface area (Å²) in [5.41, 5.74) is 10.7. The van der Waals surface area contributed by atoms with E-state index in [0.717, 1.165) is 34.1 Å². The number of nitriles is 1. The molecule has 0 amide bonds. The molecule has 44 heavy (non-hydrogen) atoms. The highest BCUT2D eigenvalue weighted by molar-refractivity contribution is 7.97. The molecule has 9 heteroatoms. The van der Waals surface area contributed by atoms with E-state index in [-0.39, 0.29) is 34.3 Å². The number of carbonyl (C=O) groups is 1. The van der Waals surface area contributed by atoms with Crippen LogP contribution in [0.25, 0.3) is 0 Å². The largest absolute Gasteiger partial charge is 0.418 e. The van der Waals surface area contributed by atoms with Crippen molar-refractivity contribution in [3.8, 4) is 6.07 Å². The average Bonchev–Trinajstić information content (AvgIpc) is 2.93. The first kappa shape index (κ1) is 31.7. The smallest absolute Gasteiger partial charge is 0.384 e. The number of hydrogen-bond donors (Lipinski definition) is 1. The van der Waals surface area contributed by atoms with Crippen LogP contribution in [-0.2, 0) is 22.5 Å². The maximum Gasteiger partial charge on any atom is 0.418 e. The van der Waals surface area contributed by atoms with Crippen molar-refractivity contribution in [1.82, 2.24) is 0 Å². The first-order valence-corrected chi connectivity index (χ1v) is 15.8. The number of rotatable bonds is 6. The van der Waals surface area contributed by atoms with E-state index in [9.17, 15) is 23.2 Å². The first-order valence-electron chi connectivity index (χ1n) is 14.3. The quantitative estimate of drug-likeness (QED) is 0.292. The van der Waals surface area contributed by atoms with Crippen molar-refractivity contribution >= 4 is 34.8 Å². The number of nitrogens with two attached hydrogens (primary N) is 1. The molecule has 0 bridgehead atoms. The van der Waals surface area contributed by atoms with Crippen molar-refractivity contribution in [2.24, 2.45) is 11.1 Å². The number of Topliss-reactive ketones (excluding diaryl/α,β-unsaturated/α-hetero) is 1. The maximum absolute atomic E-state index is 14.3. The third-order valence-electron chi connectivity index (χ3n) is 8.29. The van der Waals surface area contributed by atoms with Crippen LogP contribution in [0.3, 0.4) is 0 Å². The Bertz CT molecular complexity index is 1740. The molecule has 1 heterocycles. The van der Waals surface area contributed by atoms with Gasteiger partial charge in [-0.15, -0.1) is 0 Å². The maximum atomic E-state index is 14.3. The Morgan fingerprint density at radius 3 is 2.41 bits per heavy atom. The lowest BCUT2D eigenvalue weighted by Crippen LogP contribution is -2.42. The van der Waals surface area contributed by atoms with E-state index >= 15 is 0 Å². The highest BCUT2D eigenvalue weighted by atomic mass is 35.5. The number of aryl methyl sites for hydroxylation is 2. The van der Waals surface area contributed by atoms with Gasteiger partial charge >= 0.3 is 6.18 Å². The summed E-state index contributed by atoms with van der Waals surface area (Å²) < 4.78 is 43.0. The number of nitrogens with zero attached hydrogens (tertiary/aromatic N) is 2. The molecule has 1 unspecified atom stereocenters. The summed E-state index contributed by atoms with van der Waals surface area (Å²) in [6, 6.07) is 19.9. The van der Waals surface area contributed by atoms with Gasteiger partial charge in [0, 0.05) is 34.2 Å². The average molecular weight is 636 g/mol. The van der Waals surface area contributed by atoms with Gasteiger partial charge in [-0.2, -0.15) is 30.2 Å². The molecule has 3 aromatic carbocycles. The molecule has 5 rings (SSSR count). The number of halogens is 4. The lowest BCUT2D eigenvalue weighted by molar-refractivity contribution is -0.137. The van der Waals surface area contributed by atoms with Gasteiger partial charge in [-0.05, 0) is 71.7 Å². The molecular formula is C35H33ClF3N3OS. The summed E-state index contributed by atoms with van der Waals surface area (Å²) in [4.78, 5) is 15.3. The lowest BCUT2D eigenvalue weighted by atomic mass is 9.68. The topological polar surface area (TPSA) is 70.1 Å². The van der Waals surface area contributed by atoms with Crippen molar-refractivity contribution in [2.75, 3.05) is 4.90 Å². The number of allylic oxidation sites excluding steroid dienone is 3. The summed E-state index contributed by atoms with van der Waals surface area (Å²) >= 11 is 7.76. The second kappa shape index (κ2) is 12.0. The molecule has 0 aromatic heterocycles. The Kier molecular flexibility index (Phi) is 8.67. The van der Waals surface area contributed by atoms with Crippen LogP contribution in [-0.4, -0.2) is 5.78 Å². The monoisotopic (exact) mass is 635 g/mol. The zero-order valence-corrected chi connectivity index (χ0v) is 26.6. The van der Waals surface area contributed by atoms with Gasteiger partial charge < -0.3 is 5.73 Å². The molecule has 0 radical (unpaired) electrons. The predicted octanol–water partition coefficient (Wildman–Crippen LogP) is 9.35. The Hall–Kier alpha value is -3.67. The van der Waals surface area contributed by atoms with E-state index in [2.05, 4.69) is 18.2 Å². The van der Waals surface area contributed by atoms with Crippen molar-refractivity contribution in [3.63, 3.8) is 0 Å². The molecule has 2 aliphatic rings. The number of benzene rings is 3. The van der Waals surface area contributed by atoms with E-state index in [0.29, 0.717) is 23.4 Å². The van der Waals surface area contributed by atoms with E-state index in [1.54, 1.807) is 11.8 Å². The number of hydrogen-bond acceptors (Lipinski definition) is 5. The fraction of sp³-hybridized carbons (Fsp3) is 0.314. The zero-order valence-electron chi connectivity index (χ0n) is 25.0. The fourth-order valence-corrected chi connectivity index (χ4v) is 7.49. The fourth-order valence-electron chi connectivity index (χ4n) is 6.26. The van der Waals surface area contributed by atoms with Crippen LogP contribution in [0.15, 0.2) is 83.3 Å². The van der Waals surface area contributed by atoms with Gasteiger partial charge in [0.25, 0.3) is 0 Å². The molecule has 0 saturated heterocycles. The third-order valence-corrected chi connectivity index (χ3v) is 9.58. The van der Waals surface area contributed by atoms with E-state index in [1.807, 2.05) is 58.0 Å². The van der Waals surface area contributed by atoms with Crippen LogP contribution in [0.4, 0.5) is 18.9 Å². The van der Waals surface area contributed by atoms with Crippen LogP contribution in [0.2, 0.25) is 5.02 Å². The first-order chi connectivity index (χ1) is 20.7. The van der Waals surface area contributed by atoms with Gasteiger partial charge in [0.15, 0.2) is 5.78 Å². The molecule has 3 aromatic rings. The van der Waals surface area contributed by atoms with Gasteiger partial charge in [0.05, 0.1) is 28.8 Å². The van der Waals surface area contributed by atoms with Crippen LogP contribution in [0, 0.1) is 30.6 Å². The number of anilines is 1. The standard InChI is InChI=1S/C35H33ClF3N3OS/c1-20-12-21(2)25(13-23(20)19-44-18-22-8-6-5-7-9-22)31-26(17-40)33(41)42(29-15-34(3,4)16-30(43)32(29)31)28-11-10-24(36)14-27(28)35(37,38)39/h5-14,31H,15-16,18-19,41H2,1-4H3. The second-order valence-electron chi connectivity index (χ2n) is 12.3. The van der Waals surface area contributed by atoms with Gasteiger partial charge in [0.1, 0.15) is 5.82 Å². The van der Waals surface area contributed by atoms with Crippen molar-refractivity contribution < 1.29 is 18.0 Å². The number of alkyl halides is 3. The van der Waals surface area contributed by atoms with Gasteiger partial charge in [-0.1, -0.05) is 67.9 Å². The zero-order chi connectivity index (χ0) is 32.0. The Labute approximate surface area is 265 Å². The van der Waals surface area contributed by atoms with Crippen LogP contribution < -0.4 is 10.6 Å². The number of ketones is 1. The SMILES string of the molecule is Cc1cc(C)c(C2C(C#N)=C(N)N(c3ccc(Cl)cc3C(F)(F)F)C3=C2C(=O)CC(C)(C)C3)cc1CSCc1ccccc1. The van der Waals surface area contributed by atoms with Crippen LogP contribution in [0.1, 0.15) is 66.0 Å². The number of carbonyl (C=O) groups excluding carboxylic acids is 1. The molecule has 0 spiro atoms. The molecule has 1 aliphatic carbocycles. The molecule has 0 fully saturated rings. The lowest BCUT2D eigenvalue weighted by Gasteiger charge is -2.44. The Morgan fingerprint density at radius 2 is 1.75 bits per heavy atom. The summed E-state index contributed by atoms with van der Waals surface area (Å²) in [6.07, 6.45) is -4.25. The van der Waals surface area contributed by atoms with Crippen LogP contribution >= 0.6 is 23.4 Å². The summed E-state index contributed by atoms with van der Waals surface area (Å²) in [5.74, 6) is 0.419. The van der Waals surface area contributed by atoms with E-state index < -0.39 is 23.1 Å². The Morgan fingerprint density at radius 1 is 1.05 bits per heavy atom. The predicted molar refractivity (Wildman–Crippen MR) is 171 cm³/mol. The Balaban J connectivity index is 1.67. The molecule has 1 atom stereocenters. The highest BCUT2D eigenvalue weighted by Crippen LogP contribution is 2.52. The highest BCUT2D eigenvalue weighted by Gasteiger charge is 2.47. The summed E-state index contributed by atoms with van der Waals surface area (Å²) in [7, 11) is 0. The minimum atomic E-state index is -4.75. The minimum absolute atomic E-state index is 0.0507. The second-order valence-corrected chi connectivity index (χ2v) is 13.7. The van der Waals surface area contributed by atoms with Gasteiger partial charge in [0.2, 0.25) is 0 Å². The number of thioether (sulfide) groups is 1. The van der Waals surface area contributed by atoms with Gasteiger partial charge in [-0.3, -0.25) is 9.69 Å². The molecule has 0 saturated carbocycles. The molecule has 2 N–H and O–H groups in total. The van der Waals surface area contributed by atoms with Crippen molar-refractivity contribution in [1.29, 1.82) is 5.26 Å². The molecule has 4 nitrogen and oxygen atoms in total. The molecule has 228 valence electrons.